The van der Waals surface area contributed by atoms with Gasteiger partial charge in [0.25, 0.3) is 0 Å². The fourth-order valence-electron chi connectivity index (χ4n) is 3.51. The lowest BCUT2D eigenvalue weighted by Crippen LogP contribution is -2.00. The maximum atomic E-state index is 6.01. The predicted octanol–water partition coefficient (Wildman–Crippen LogP) is 7.14. The zero-order valence-electron chi connectivity index (χ0n) is 16.6. The summed E-state index contributed by atoms with van der Waals surface area (Å²) >= 11 is 5.35. The molecule has 4 rings (SSSR count). The van der Waals surface area contributed by atoms with E-state index in [0.717, 1.165) is 47.6 Å². The molecule has 0 N–H and O–H groups in total. The standard InChI is InChI=1S/C24H23BrN2OS/c1-16-24(18-6-8-19(25)9-7-18)22-11-10-21(15-23(22)29-16)28-14-4-3-5-20-12-13-26-17(2)27-20/h6-13,15H,3-5,14H2,1-2H3. The van der Waals surface area contributed by atoms with Gasteiger partial charge in [-0.05, 0) is 75.1 Å². The maximum absolute atomic E-state index is 6.01. The van der Waals surface area contributed by atoms with Gasteiger partial charge in [0, 0.05) is 36.9 Å². The Labute approximate surface area is 183 Å². The number of benzene rings is 2. The molecule has 0 saturated heterocycles. The summed E-state index contributed by atoms with van der Waals surface area (Å²) in [7, 11) is 0. The highest BCUT2D eigenvalue weighted by molar-refractivity contribution is 9.10. The van der Waals surface area contributed by atoms with Gasteiger partial charge < -0.3 is 4.74 Å². The first-order valence-electron chi connectivity index (χ1n) is 9.80. The smallest absolute Gasteiger partial charge is 0.125 e. The Morgan fingerprint density at radius 2 is 1.83 bits per heavy atom. The first-order valence-corrected chi connectivity index (χ1v) is 11.4. The average molecular weight is 467 g/mol. The zero-order chi connectivity index (χ0) is 20.2. The van der Waals surface area contributed by atoms with E-state index in [-0.39, 0.29) is 0 Å². The molecule has 2 aromatic heterocycles. The molecular weight excluding hydrogens is 444 g/mol. The Kier molecular flexibility index (Phi) is 6.26. The van der Waals surface area contributed by atoms with Crippen LogP contribution in [0, 0.1) is 13.8 Å². The fourth-order valence-corrected chi connectivity index (χ4v) is 4.89. The Morgan fingerprint density at radius 3 is 2.62 bits per heavy atom. The molecule has 0 unspecified atom stereocenters. The van der Waals surface area contributed by atoms with Crippen molar-refractivity contribution in [2.24, 2.45) is 0 Å². The molecule has 0 fully saturated rings. The molecule has 5 heteroatoms. The third-order valence-corrected chi connectivity index (χ3v) is 6.50. The molecule has 0 aliphatic rings. The van der Waals surface area contributed by atoms with Gasteiger partial charge in [0.2, 0.25) is 0 Å². The van der Waals surface area contributed by atoms with Gasteiger partial charge >= 0.3 is 0 Å². The van der Waals surface area contributed by atoms with Crippen molar-refractivity contribution in [3.63, 3.8) is 0 Å². The van der Waals surface area contributed by atoms with Gasteiger partial charge in [-0.25, -0.2) is 9.97 Å². The molecule has 2 aromatic carbocycles. The van der Waals surface area contributed by atoms with E-state index in [0.29, 0.717) is 0 Å². The number of rotatable bonds is 7. The number of hydrogen-bond donors (Lipinski definition) is 0. The topological polar surface area (TPSA) is 35.0 Å². The average Bonchev–Trinajstić information content (AvgIpc) is 3.03. The van der Waals surface area contributed by atoms with Gasteiger partial charge in [-0.3, -0.25) is 0 Å². The highest BCUT2D eigenvalue weighted by atomic mass is 79.9. The van der Waals surface area contributed by atoms with Crippen LogP contribution in [0.25, 0.3) is 21.2 Å². The van der Waals surface area contributed by atoms with Crippen LogP contribution in [0.4, 0.5) is 0 Å². The molecule has 0 atom stereocenters. The van der Waals surface area contributed by atoms with Crippen LogP contribution in [0.5, 0.6) is 5.75 Å². The highest BCUT2D eigenvalue weighted by Gasteiger charge is 2.12. The summed E-state index contributed by atoms with van der Waals surface area (Å²) in [6, 6.07) is 17.0. The van der Waals surface area contributed by atoms with Crippen LogP contribution in [-0.4, -0.2) is 16.6 Å². The number of aromatic nitrogens is 2. The third-order valence-electron chi connectivity index (χ3n) is 4.90. The lowest BCUT2D eigenvalue weighted by molar-refractivity contribution is 0.307. The number of halogens is 1. The van der Waals surface area contributed by atoms with Crippen molar-refractivity contribution in [1.82, 2.24) is 9.97 Å². The van der Waals surface area contributed by atoms with Crippen molar-refractivity contribution < 1.29 is 4.74 Å². The molecule has 0 bridgehead atoms. The van der Waals surface area contributed by atoms with Crippen LogP contribution in [0.2, 0.25) is 0 Å². The monoisotopic (exact) mass is 466 g/mol. The van der Waals surface area contributed by atoms with E-state index in [4.69, 9.17) is 4.74 Å². The van der Waals surface area contributed by atoms with Crippen LogP contribution in [0.15, 0.2) is 59.2 Å². The zero-order valence-corrected chi connectivity index (χ0v) is 19.0. The third kappa shape index (κ3) is 4.85. The van der Waals surface area contributed by atoms with Crippen LogP contribution >= 0.6 is 27.3 Å². The molecule has 3 nitrogen and oxygen atoms in total. The van der Waals surface area contributed by atoms with Crippen molar-refractivity contribution in [2.75, 3.05) is 6.61 Å². The summed E-state index contributed by atoms with van der Waals surface area (Å²) in [4.78, 5) is 9.93. The first-order chi connectivity index (χ1) is 14.1. The summed E-state index contributed by atoms with van der Waals surface area (Å²) in [5.41, 5.74) is 3.68. The number of fused-ring (bicyclic) bond motifs is 1. The maximum Gasteiger partial charge on any atom is 0.125 e. The van der Waals surface area contributed by atoms with E-state index >= 15 is 0 Å². The van der Waals surface area contributed by atoms with Gasteiger partial charge in [-0.1, -0.05) is 28.1 Å². The number of thiophene rings is 1. The van der Waals surface area contributed by atoms with E-state index < -0.39 is 0 Å². The van der Waals surface area contributed by atoms with E-state index in [1.807, 2.05) is 30.5 Å². The van der Waals surface area contributed by atoms with Gasteiger partial charge in [0.15, 0.2) is 0 Å². The summed E-state index contributed by atoms with van der Waals surface area (Å²) in [6.45, 7) is 4.84. The minimum atomic E-state index is 0.722. The van der Waals surface area contributed by atoms with Crippen LogP contribution in [0.3, 0.4) is 0 Å². The number of nitrogens with zero attached hydrogens (tertiary/aromatic N) is 2. The second-order valence-corrected chi connectivity index (χ2v) is 9.27. The minimum Gasteiger partial charge on any atom is -0.494 e. The number of ether oxygens (including phenoxy) is 1. The Hall–Kier alpha value is -2.24. The normalized spacial score (nSPS) is 11.1. The van der Waals surface area contributed by atoms with Crippen molar-refractivity contribution >= 4 is 37.4 Å². The molecule has 0 saturated carbocycles. The largest absolute Gasteiger partial charge is 0.494 e. The Bertz CT molecular complexity index is 1120. The van der Waals surface area contributed by atoms with E-state index in [9.17, 15) is 0 Å². The predicted molar refractivity (Wildman–Crippen MR) is 125 cm³/mol. The van der Waals surface area contributed by atoms with Crippen LogP contribution in [0.1, 0.15) is 29.2 Å². The molecule has 0 aliphatic carbocycles. The number of unbranched alkanes of at least 4 members (excludes halogenated alkanes) is 1. The van der Waals surface area contributed by atoms with Crippen molar-refractivity contribution in [2.45, 2.75) is 33.1 Å². The summed E-state index contributed by atoms with van der Waals surface area (Å²) in [6.07, 6.45) is 4.86. The van der Waals surface area contributed by atoms with Gasteiger partial charge in [-0.15, -0.1) is 11.3 Å². The molecule has 0 radical (unpaired) electrons. The molecule has 4 aromatic rings. The fraction of sp³-hybridized carbons (Fsp3) is 0.250. The second-order valence-electron chi connectivity index (χ2n) is 7.10. The molecule has 148 valence electrons. The SMILES string of the molecule is Cc1nccc(CCCCOc2ccc3c(-c4ccc(Br)cc4)c(C)sc3c2)n1. The molecular formula is C24H23BrN2OS. The second kappa shape index (κ2) is 9.06. The molecule has 29 heavy (non-hydrogen) atoms. The molecule has 0 aliphatic heterocycles. The van der Waals surface area contributed by atoms with E-state index in [2.05, 4.69) is 75.3 Å². The number of aryl methyl sites for hydroxylation is 3. The molecule has 2 heterocycles. The molecule has 0 spiro atoms. The van der Waals surface area contributed by atoms with Gasteiger partial charge in [-0.2, -0.15) is 0 Å². The van der Waals surface area contributed by atoms with Gasteiger partial charge in [0.1, 0.15) is 11.6 Å². The van der Waals surface area contributed by atoms with E-state index in [1.54, 1.807) is 0 Å². The van der Waals surface area contributed by atoms with Crippen LogP contribution in [-0.2, 0) is 6.42 Å². The summed E-state index contributed by atoms with van der Waals surface area (Å²) in [5.74, 6) is 1.78. The summed E-state index contributed by atoms with van der Waals surface area (Å²) in [5, 5.41) is 1.29. The lowest BCUT2D eigenvalue weighted by Gasteiger charge is -2.07. The van der Waals surface area contributed by atoms with Crippen LogP contribution < -0.4 is 4.74 Å². The highest BCUT2D eigenvalue weighted by Crippen LogP contribution is 2.40. The van der Waals surface area contributed by atoms with Crippen molar-refractivity contribution in [3.8, 4) is 16.9 Å². The minimum absolute atomic E-state index is 0.722. The van der Waals surface area contributed by atoms with E-state index in [1.165, 1.54) is 26.1 Å². The molecule has 0 amide bonds. The lowest BCUT2D eigenvalue weighted by atomic mass is 10.0. The summed E-state index contributed by atoms with van der Waals surface area (Å²) < 4.78 is 8.39. The van der Waals surface area contributed by atoms with Gasteiger partial charge in [0.05, 0.1) is 6.61 Å². The quantitative estimate of drug-likeness (QED) is 0.271. The Morgan fingerprint density at radius 1 is 1.00 bits per heavy atom. The van der Waals surface area contributed by atoms with Crippen molar-refractivity contribution in [3.05, 3.63) is 75.6 Å². The van der Waals surface area contributed by atoms with Crippen molar-refractivity contribution in [1.29, 1.82) is 0 Å². The number of hydrogen-bond acceptors (Lipinski definition) is 4. The first kappa shape index (κ1) is 20.0. The Balaban J connectivity index is 1.38.